The lowest BCUT2D eigenvalue weighted by molar-refractivity contribution is -0.123. The number of benzene rings is 2. The number of unbranched alkanes of at least 4 members (excludes halogenated alkanes) is 3. The number of rotatable bonds is 11. The largest absolute Gasteiger partial charge is 0.493 e. The van der Waals surface area contributed by atoms with Crippen LogP contribution in [0.3, 0.4) is 0 Å². The van der Waals surface area contributed by atoms with Crippen molar-refractivity contribution in [3.05, 3.63) is 57.6 Å². The van der Waals surface area contributed by atoms with Gasteiger partial charge >= 0.3 is 0 Å². The summed E-state index contributed by atoms with van der Waals surface area (Å²) < 4.78 is 12.3. The molecular weight excluding hydrogens is 472 g/mol. The second kappa shape index (κ2) is 13.1. The van der Waals surface area contributed by atoms with Crippen LogP contribution in [0.15, 0.2) is 40.9 Å². The number of halogens is 1. The van der Waals surface area contributed by atoms with Crippen molar-refractivity contribution in [1.82, 2.24) is 10.9 Å². The summed E-state index contributed by atoms with van der Waals surface area (Å²) in [5, 5.41) is 0. The molecule has 32 heavy (non-hydrogen) atoms. The highest BCUT2D eigenvalue weighted by Crippen LogP contribution is 2.27. The van der Waals surface area contributed by atoms with Gasteiger partial charge < -0.3 is 9.47 Å². The van der Waals surface area contributed by atoms with Gasteiger partial charge in [-0.05, 0) is 54.7 Å². The van der Waals surface area contributed by atoms with Gasteiger partial charge in [0.15, 0.2) is 6.61 Å². The van der Waals surface area contributed by atoms with Gasteiger partial charge in [0.25, 0.3) is 11.8 Å². The van der Waals surface area contributed by atoms with E-state index in [2.05, 4.69) is 47.6 Å². The number of nitrogens with one attached hydrogen (secondary N) is 2. The van der Waals surface area contributed by atoms with E-state index < -0.39 is 11.8 Å². The molecule has 0 atom stereocenters. The second-order valence-corrected chi connectivity index (χ2v) is 8.95. The summed E-state index contributed by atoms with van der Waals surface area (Å²) in [6.07, 6.45) is 4.32. The summed E-state index contributed by atoms with van der Waals surface area (Å²) >= 11 is 3.38. The Morgan fingerprint density at radius 3 is 2.47 bits per heavy atom. The maximum absolute atomic E-state index is 12.7. The van der Waals surface area contributed by atoms with Gasteiger partial charge in [0, 0.05) is 4.47 Å². The molecule has 2 rings (SSSR count). The molecule has 2 aromatic rings. The van der Waals surface area contributed by atoms with Crippen molar-refractivity contribution in [2.24, 2.45) is 0 Å². The van der Waals surface area contributed by atoms with Gasteiger partial charge in [-0.15, -0.1) is 0 Å². The zero-order valence-corrected chi connectivity index (χ0v) is 20.9. The molecule has 0 spiro atoms. The number of aryl methyl sites for hydroxylation is 1. The zero-order chi connectivity index (χ0) is 23.5. The first-order valence-electron chi connectivity index (χ1n) is 11.1. The molecular formula is C25H33BrN2O4. The minimum atomic E-state index is -0.457. The van der Waals surface area contributed by atoms with Crippen molar-refractivity contribution in [2.45, 2.75) is 59.3 Å². The number of carbonyl (C=O) groups excluding carboxylic acids is 2. The molecule has 2 N–H and O–H groups in total. The molecule has 0 radical (unpaired) electrons. The summed E-state index contributed by atoms with van der Waals surface area (Å²) in [4.78, 5) is 24.9. The molecule has 0 bridgehead atoms. The van der Waals surface area contributed by atoms with Crippen molar-refractivity contribution < 1.29 is 19.1 Å². The summed E-state index contributed by atoms with van der Waals surface area (Å²) in [5.41, 5.74) is 7.28. The molecule has 6 nitrogen and oxygen atoms in total. The van der Waals surface area contributed by atoms with Gasteiger partial charge in [0.2, 0.25) is 0 Å². The van der Waals surface area contributed by atoms with Crippen molar-refractivity contribution >= 4 is 27.7 Å². The predicted octanol–water partition coefficient (Wildman–Crippen LogP) is 5.68. The van der Waals surface area contributed by atoms with E-state index in [1.807, 2.05) is 31.2 Å². The number of ether oxygens (including phenoxy) is 2. The van der Waals surface area contributed by atoms with Crippen molar-refractivity contribution in [2.75, 3.05) is 13.2 Å². The van der Waals surface area contributed by atoms with Crippen LogP contribution in [0.2, 0.25) is 0 Å². The van der Waals surface area contributed by atoms with Crippen LogP contribution in [0.4, 0.5) is 0 Å². The maximum Gasteiger partial charge on any atom is 0.276 e. The van der Waals surface area contributed by atoms with Crippen LogP contribution < -0.4 is 20.3 Å². The van der Waals surface area contributed by atoms with Crippen LogP contribution in [0.5, 0.6) is 11.5 Å². The van der Waals surface area contributed by atoms with Crippen LogP contribution in [-0.2, 0) is 4.79 Å². The molecule has 0 unspecified atom stereocenters. The monoisotopic (exact) mass is 504 g/mol. The lowest BCUT2D eigenvalue weighted by Gasteiger charge is -2.15. The van der Waals surface area contributed by atoms with Gasteiger partial charge in [-0.1, -0.05) is 68.1 Å². The topological polar surface area (TPSA) is 76.7 Å². The molecule has 0 saturated carbocycles. The Balaban J connectivity index is 1.91. The summed E-state index contributed by atoms with van der Waals surface area (Å²) in [5.74, 6) is 0.514. The SMILES string of the molecule is CCCCCCOc1ccc(Br)cc1C(=O)NNC(=O)COc1cc(C)ccc1C(C)C. The van der Waals surface area contributed by atoms with Crippen molar-refractivity contribution in [1.29, 1.82) is 0 Å². The molecule has 2 aromatic carbocycles. The third-order valence-corrected chi connectivity index (χ3v) is 5.40. The fourth-order valence-corrected chi connectivity index (χ4v) is 3.49. The second-order valence-electron chi connectivity index (χ2n) is 8.04. The highest BCUT2D eigenvalue weighted by molar-refractivity contribution is 9.10. The number of hydrogen-bond donors (Lipinski definition) is 2. The molecule has 7 heteroatoms. The number of hydrogen-bond acceptors (Lipinski definition) is 4. The summed E-state index contributed by atoms with van der Waals surface area (Å²) in [7, 11) is 0. The van der Waals surface area contributed by atoms with Crippen molar-refractivity contribution in [3.8, 4) is 11.5 Å². The first-order chi connectivity index (χ1) is 15.3. The maximum atomic E-state index is 12.7. The van der Waals surface area contributed by atoms with Gasteiger partial charge in [-0.25, -0.2) is 0 Å². The Morgan fingerprint density at radius 2 is 1.75 bits per heavy atom. The molecule has 174 valence electrons. The smallest absolute Gasteiger partial charge is 0.276 e. The minimum absolute atomic E-state index is 0.206. The summed E-state index contributed by atoms with van der Waals surface area (Å²) in [6, 6.07) is 11.2. The predicted molar refractivity (Wildman–Crippen MR) is 130 cm³/mol. The van der Waals surface area contributed by atoms with E-state index >= 15 is 0 Å². The molecule has 0 heterocycles. The fraction of sp³-hybridized carbons (Fsp3) is 0.440. The molecule has 0 fully saturated rings. The Kier molecular flexibility index (Phi) is 10.5. The van der Waals surface area contributed by atoms with Crippen LogP contribution >= 0.6 is 15.9 Å². The van der Waals surface area contributed by atoms with E-state index in [0.717, 1.165) is 41.3 Å². The Hall–Kier alpha value is -2.54. The Labute approximate surface area is 199 Å². The number of amides is 2. The average Bonchev–Trinajstić information content (AvgIpc) is 2.76. The third-order valence-electron chi connectivity index (χ3n) is 4.91. The normalized spacial score (nSPS) is 10.7. The lowest BCUT2D eigenvalue weighted by atomic mass is 10.0. The molecule has 0 aromatic heterocycles. The van der Waals surface area contributed by atoms with Crippen molar-refractivity contribution in [3.63, 3.8) is 0 Å². The van der Waals surface area contributed by atoms with Gasteiger partial charge in [0.05, 0.1) is 12.2 Å². The highest BCUT2D eigenvalue weighted by atomic mass is 79.9. The van der Waals surface area contributed by atoms with E-state index in [4.69, 9.17) is 9.47 Å². The molecule has 0 aliphatic rings. The van der Waals surface area contributed by atoms with Crippen LogP contribution in [-0.4, -0.2) is 25.0 Å². The average molecular weight is 505 g/mol. The lowest BCUT2D eigenvalue weighted by Crippen LogP contribution is -2.44. The standard InChI is InChI=1S/C25H33BrN2O4/c1-5-6-7-8-13-31-22-12-10-19(26)15-21(22)25(30)28-27-24(29)16-32-23-14-18(4)9-11-20(23)17(2)3/h9-12,14-15,17H,5-8,13,16H2,1-4H3,(H,27,29)(H,28,30). The molecule has 0 saturated heterocycles. The van der Waals surface area contributed by atoms with E-state index in [1.165, 1.54) is 0 Å². The number of carbonyl (C=O) groups is 2. The summed E-state index contributed by atoms with van der Waals surface area (Å²) in [6.45, 7) is 8.60. The quantitative estimate of drug-likeness (QED) is 0.304. The third kappa shape index (κ3) is 8.19. The molecule has 0 aliphatic carbocycles. The zero-order valence-electron chi connectivity index (χ0n) is 19.3. The van der Waals surface area contributed by atoms with E-state index in [9.17, 15) is 9.59 Å². The van der Waals surface area contributed by atoms with Crippen LogP contribution in [0.25, 0.3) is 0 Å². The fourth-order valence-electron chi connectivity index (χ4n) is 3.13. The Morgan fingerprint density at radius 1 is 0.969 bits per heavy atom. The van der Waals surface area contributed by atoms with Crippen LogP contribution in [0.1, 0.15) is 73.9 Å². The van der Waals surface area contributed by atoms with Gasteiger partial charge in [-0.3, -0.25) is 20.4 Å². The molecule has 0 aliphatic heterocycles. The van der Waals surface area contributed by atoms with E-state index in [-0.39, 0.29) is 12.5 Å². The Bertz CT molecular complexity index is 915. The first kappa shape index (κ1) is 25.7. The molecule has 2 amide bonds. The van der Waals surface area contributed by atoms with E-state index in [1.54, 1.807) is 12.1 Å². The van der Waals surface area contributed by atoms with Gasteiger partial charge in [0.1, 0.15) is 11.5 Å². The first-order valence-corrected chi connectivity index (χ1v) is 11.9. The van der Waals surface area contributed by atoms with Gasteiger partial charge in [-0.2, -0.15) is 0 Å². The van der Waals surface area contributed by atoms with E-state index in [0.29, 0.717) is 23.7 Å². The highest BCUT2D eigenvalue weighted by Gasteiger charge is 2.15. The van der Waals surface area contributed by atoms with Crippen LogP contribution in [0, 0.1) is 6.92 Å². The minimum Gasteiger partial charge on any atom is -0.493 e. The number of hydrazine groups is 1.